The first kappa shape index (κ1) is 22.4. The van der Waals surface area contributed by atoms with Crippen LogP contribution in [0.4, 0.5) is 0 Å². The Morgan fingerprint density at radius 2 is 1.52 bits per heavy atom. The molecule has 31 heavy (non-hydrogen) atoms. The van der Waals surface area contributed by atoms with Crippen molar-refractivity contribution in [3.63, 3.8) is 0 Å². The van der Waals surface area contributed by atoms with Crippen molar-refractivity contribution in [1.82, 2.24) is 4.90 Å². The number of ether oxygens (including phenoxy) is 5. The van der Waals surface area contributed by atoms with Gasteiger partial charge in [-0.1, -0.05) is 5.16 Å². The summed E-state index contributed by atoms with van der Waals surface area (Å²) in [6, 6.07) is 7.58. The molecule has 0 bridgehead atoms. The number of amidine groups is 1. The average molecular weight is 431 g/mol. The maximum absolute atomic E-state index is 9.14. The third-order valence-corrected chi connectivity index (χ3v) is 5.47. The average Bonchev–Trinajstić information content (AvgIpc) is 2.81. The minimum absolute atomic E-state index is 0.126. The number of oxime groups is 1. The Hall–Kier alpha value is -3.33. The van der Waals surface area contributed by atoms with Crippen LogP contribution < -0.4 is 29.4 Å². The molecular formula is C22H29N3O6. The summed E-state index contributed by atoms with van der Waals surface area (Å²) in [5.74, 6) is 3.04. The van der Waals surface area contributed by atoms with Gasteiger partial charge in [0.25, 0.3) is 0 Å². The van der Waals surface area contributed by atoms with Crippen molar-refractivity contribution < 1.29 is 28.9 Å². The minimum Gasteiger partial charge on any atom is -0.493 e. The maximum Gasteiger partial charge on any atom is 0.203 e. The normalized spacial score (nSPS) is 16.4. The predicted molar refractivity (Wildman–Crippen MR) is 116 cm³/mol. The monoisotopic (exact) mass is 431 g/mol. The van der Waals surface area contributed by atoms with E-state index < -0.39 is 0 Å². The lowest BCUT2D eigenvalue weighted by Gasteiger charge is -2.38. The zero-order chi connectivity index (χ0) is 22.5. The Bertz CT molecular complexity index is 937. The number of benzene rings is 2. The first-order valence-electron chi connectivity index (χ1n) is 9.76. The molecule has 168 valence electrons. The second-order valence-electron chi connectivity index (χ2n) is 7.08. The minimum atomic E-state index is -0.224. The molecule has 0 amide bonds. The molecule has 0 saturated carbocycles. The molecule has 1 atom stereocenters. The van der Waals surface area contributed by atoms with Gasteiger partial charge in [0, 0.05) is 6.54 Å². The van der Waals surface area contributed by atoms with Crippen molar-refractivity contribution in [2.24, 2.45) is 10.9 Å². The van der Waals surface area contributed by atoms with E-state index in [1.807, 2.05) is 24.3 Å². The van der Waals surface area contributed by atoms with Crippen molar-refractivity contribution in [3.05, 3.63) is 41.0 Å². The molecule has 3 N–H and O–H groups in total. The van der Waals surface area contributed by atoms with Crippen LogP contribution in [0.1, 0.15) is 22.7 Å². The molecule has 1 aliphatic heterocycles. The molecular weight excluding hydrogens is 402 g/mol. The number of rotatable bonds is 8. The SMILES string of the molecule is COc1cc2c(cc1OC)C(c1cc(OC)c(OC)c(OC)c1)N(C/C(N)=N/O)CC2. The van der Waals surface area contributed by atoms with Gasteiger partial charge < -0.3 is 34.6 Å². The van der Waals surface area contributed by atoms with Crippen LogP contribution in [-0.4, -0.2) is 64.6 Å². The van der Waals surface area contributed by atoms with Crippen LogP contribution in [0.5, 0.6) is 28.7 Å². The van der Waals surface area contributed by atoms with E-state index in [1.165, 1.54) is 0 Å². The van der Waals surface area contributed by atoms with Gasteiger partial charge in [-0.2, -0.15) is 0 Å². The Labute approximate surface area is 181 Å². The summed E-state index contributed by atoms with van der Waals surface area (Å²) in [5.41, 5.74) is 8.94. The Morgan fingerprint density at radius 3 is 2.03 bits per heavy atom. The van der Waals surface area contributed by atoms with E-state index in [0.29, 0.717) is 35.3 Å². The highest BCUT2D eigenvalue weighted by Gasteiger charge is 2.32. The highest BCUT2D eigenvalue weighted by molar-refractivity contribution is 5.81. The lowest BCUT2D eigenvalue weighted by atomic mass is 9.87. The van der Waals surface area contributed by atoms with E-state index in [4.69, 9.17) is 34.6 Å². The largest absolute Gasteiger partial charge is 0.493 e. The standard InChI is InChI=1S/C22H29N3O6/c1-27-16-8-13-6-7-25(12-20(23)24-26)21(15(13)11-17(16)28-2)14-9-18(29-3)22(31-5)19(10-14)30-4/h8-11,21,26H,6-7,12H2,1-5H3,(H2,23,24). The van der Waals surface area contributed by atoms with Crippen molar-refractivity contribution in [2.45, 2.75) is 12.5 Å². The first-order chi connectivity index (χ1) is 15.0. The van der Waals surface area contributed by atoms with Gasteiger partial charge in [0.2, 0.25) is 5.75 Å². The molecule has 2 aromatic carbocycles. The van der Waals surface area contributed by atoms with Gasteiger partial charge in [-0.15, -0.1) is 0 Å². The van der Waals surface area contributed by atoms with Crippen LogP contribution in [0.2, 0.25) is 0 Å². The summed E-state index contributed by atoms with van der Waals surface area (Å²) in [5, 5.41) is 12.3. The first-order valence-corrected chi connectivity index (χ1v) is 9.76. The molecule has 0 radical (unpaired) electrons. The third kappa shape index (κ3) is 4.27. The molecule has 0 fully saturated rings. The van der Waals surface area contributed by atoms with E-state index in [2.05, 4.69) is 10.1 Å². The van der Waals surface area contributed by atoms with E-state index >= 15 is 0 Å². The van der Waals surface area contributed by atoms with E-state index in [-0.39, 0.29) is 18.4 Å². The Balaban J connectivity index is 2.22. The van der Waals surface area contributed by atoms with E-state index in [1.54, 1.807) is 35.5 Å². The third-order valence-electron chi connectivity index (χ3n) is 5.47. The molecule has 1 heterocycles. The fourth-order valence-electron chi connectivity index (χ4n) is 4.06. The Kier molecular flexibility index (Phi) is 6.96. The van der Waals surface area contributed by atoms with Gasteiger partial charge in [-0.05, 0) is 47.4 Å². The zero-order valence-electron chi connectivity index (χ0n) is 18.5. The van der Waals surface area contributed by atoms with Crippen molar-refractivity contribution in [3.8, 4) is 28.7 Å². The number of hydrogen-bond donors (Lipinski definition) is 2. The van der Waals surface area contributed by atoms with Gasteiger partial charge in [-0.25, -0.2) is 0 Å². The quantitative estimate of drug-likeness (QED) is 0.284. The zero-order valence-corrected chi connectivity index (χ0v) is 18.5. The van der Waals surface area contributed by atoms with Gasteiger partial charge in [-0.3, -0.25) is 4.90 Å². The highest BCUT2D eigenvalue weighted by Crippen LogP contribution is 2.45. The molecule has 9 heteroatoms. The van der Waals surface area contributed by atoms with Crippen molar-refractivity contribution >= 4 is 5.84 Å². The molecule has 0 saturated heterocycles. The molecule has 1 unspecified atom stereocenters. The fraction of sp³-hybridized carbons (Fsp3) is 0.409. The summed E-state index contributed by atoms with van der Waals surface area (Å²) < 4.78 is 27.6. The van der Waals surface area contributed by atoms with Crippen LogP contribution in [0.25, 0.3) is 0 Å². The highest BCUT2D eigenvalue weighted by atomic mass is 16.5. The summed E-state index contributed by atoms with van der Waals surface area (Å²) in [7, 11) is 7.96. The lowest BCUT2D eigenvalue weighted by molar-refractivity contribution is 0.235. The number of hydrogen-bond acceptors (Lipinski definition) is 8. The maximum atomic E-state index is 9.14. The second-order valence-corrected chi connectivity index (χ2v) is 7.08. The molecule has 0 aliphatic carbocycles. The fourth-order valence-corrected chi connectivity index (χ4v) is 4.06. The van der Waals surface area contributed by atoms with Crippen LogP contribution in [0.3, 0.4) is 0 Å². The summed E-state index contributed by atoms with van der Waals surface area (Å²) in [4.78, 5) is 2.13. The number of fused-ring (bicyclic) bond motifs is 1. The predicted octanol–water partition coefficient (Wildman–Crippen LogP) is 2.42. The number of methoxy groups -OCH3 is 5. The molecule has 3 rings (SSSR count). The van der Waals surface area contributed by atoms with E-state index in [0.717, 1.165) is 23.1 Å². The van der Waals surface area contributed by atoms with Crippen molar-refractivity contribution in [1.29, 1.82) is 0 Å². The van der Waals surface area contributed by atoms with Gasteiger partial charge in [0.15, 0.2) is 28.8 Å². The van der Waals surface area contributed by atoms with Gasteiger partial charge >= 0.3 is 0 Å². The second kappa shape index (κ2) is 9.65. The van der Waals surface area contributed by atoms with Gasteiger partial charge in [0.1, 0.15) is 0 Å². The van der Waals surface area contributed by atoms with Crippen LogP contribution in [0.15, 0.2) is 29.4 Å². The lowest BCUT2D eigenvalue weighted by Crippen LogP contribution is -2.41. The van der Waals surface area contributed by atoms with Gasteiger partial charge in [0.05, 0.1) is 48.1 Å². The number of nitrogens with zero attached hydrogens (tertiary/aromatic N) is 2. The number of nitrogens with two attached hydrogens (primary N) is 1. The molecule has 2 aromatic rings. The summed E-state index contributed by atoms with van der Waals surface area (Å²) in [6.07, 6.45) is 0.773. The Morgan fingerprint density at radius 1 is 0.935 bits per heavy atom. The van der Waals surface area contributed by atoms with Crippen LogP contribution in [-0.2, 0) is 6.42 Å². The molecule has 9 nitrogen and oxygen atoms in total. The van der Waals surface area contributed by atoms with E-state index in [9.17, 15) is 0 Å². The van der Waals surface area contributed by atoms with Crippen molar-refractivity contribution in [2.75, 3.05) is 48.6 Å². The van der Waals surface area contributed by atoms with Crippen LogP contribution in [0, 0.1) is 0 Å². The molecule has 1 aliphatic rings. The molecule has 0 spiro atoms. The topological polar surface area (TPSA) is 108 Å². The van der Waals surface area contributed by atoms with Crippen LogP contribution >= 0.6 is 0 Å². The summed E-state index contributed by atoms with van der Waals surface area (Å²) in [6.45, 7) is 0.978. The molecule has 0 aromatic heterocycles. The summed E-state index contributed by atoms with van der Waals surface area (Å²) >= 11 is 0. The smallest absolute Gasteiger partial charge is 0.203 e.